The molecule has 3 rings (SSSR count). The van der Waals surface area contributed by atoms with Crippen molar-refractivity contribution in [3.05, 3.63) is 75.3 Å². The van der Waals surface area contributed by atoms with Gasteiger partial charge in [-0.15, -0.1) is 0 Å². The zero-order valence-electron chi connectivity index (χ0n) is 16.1. The molecular weight excluding hydrogens is 411 g/mol. The summed E-state index contributed by atoms with van der Waals surface area (Å²) in [5.41, 5.74) is 2.81. The molecule has 5 N–H and O–H groups in total. The SMILES string of the molecule is COc1cccc(-c2c(C(=O)O)c(N)[nH]c(=O)c2C(=O)O)c1OCc1ccccc1F. The number of rotatable bonds is 7. The smallest absolute Gasteiger partial charge is 0.342 e. The quantitative estimate of drug-likeness (QED) is 0.448. The lowest BCUT2D eigenvalue weighted by Gasteiger charge is -2.18. The van der Waals surface area contributed by atoms with E-state index in [1.807, 2.05) is 4.98 Å². The lowest BCUT2D eigenvalue weighted by atomic mass is 9.94. The summed E-state index contributed by atoms with van der Waals surface area (Å²) in [7, 11) is 1.32. The second-order valence-corrected chi connectivity index (χ2v) is 6.32. The molecule has 1 aromatic heterocycles. The molecule has 0 saturated heterocycles. The molecule has 0 unspecified atom stereocenters. The fourth-order valence-corrected chi connectivity index (χ4v) is 3.10. The molecule has 0 aliphatic rings. The molecule has 0 saturated carbocycles. The van der Waals surface area contributed by atoms with Crippen LogP contribution in [-0.4, -0.2) is 34.2 Å². The van der Waals surface area contributed by atoms with Crippen molar-refractivity contribution in [2.75, 3.05) is 12.8 Å². The van der Waals surface area contributed by atoms with E-state index in [1.165, 1.54) is 43.5 Å². The Morgan fingerprint density at radius 3 is 2.35 bits per heavy atom. The third-order valence-electron chi connectivity index (χ3n) is 4.47. The van der Waals surface area contributed by atoms with Crippen LogP contribution in [0.1, 0.15) is 26.3 Å². The molecule has 0 atom stereocenters. The number of hydrogen-bond donors (Lipinski definition) is 4. The third kappa shape index (κ3) is 4.04. The summed E-state index contributed by atoms with van der Waals surface area (Å²) >= 11 is 0. The van der Waals surface area contributed by atoms with Crippen LogP contribution >= 0.6 is 0 Å². The van der Waals surface area contributed by atoms with Gasteiger partial charge in [-0.2, -0.15) is 0 Å². The van der Waals surface area contributed by atoms with E-state index < -0.39 is 45.8 Å². The van der Waals surface area contributed by atoms with E-state index in [9.17, 15) is 29.0 Å². The van der Waals surface area contributed by atoms with Crippen molar-refractivity contribution in [2.45, 2.75) is 6.61 Å². The largest absolute Gasteiger partial charge is 0.493 e. The third-order valence-corrected chi connectivity index (χ3v) is 4.47. The van der Waals surface area contributed by atoms with Gasteiger partial charge in [0.05, 0.1) is 7.11 Å². The van der Waals surface area contributed by atoms with Crippen LogP contribution in [0.3, 0.4) is 0 Å². The number of anilines is 1. The van der Waals surface area contributed by atoms with Crippen LogP contribution < -0.4 is 20.8 Å². The highest BCUT2D eigenvalue weighted by Crippen LogP contribution is 2.41. The summed E-state index contributed by atoms with van der Waals surface area (Å²) in [5, 5.41) is 19.2. The van der Waals surface area contributed by atoms with Crippen molar-refractivity contribution in [1.82, 2.24) is 4.98 Å². The van der Waals surface area contributed by atoms with Crippen molar-refractivity contribution in [2.24, 2.45) is 0 Å². The second kappa shape index (κ2) is 8.57. The maximum Gasteiger partial charge on any atom is 0.342 e. The Balaban J connectivity index is 2.29. The number of aromatic nitrogens is 1. The highest BCUT2D eigenvalue weighted by atomic mass is 19.1. The summed E-state index contributed by atoms with van der Waals surface area (Å²) in [6, 6.07) is 10.1. The van der Waals surface area contributed by atoms with Crippen LogP contribution in [0.5, 0.6) is 11.5 Å². The summed E-state index contributed by atoms with van der Waals surface area (Å²) in [4.78, 5) is 38.0. The first-order chi connectivity index (χ1) is 14.8. The number of nitrogen functional groups attached to an aromatic ring is 1. The van der Waals surface area contributed by atoms with Crippen molar-refractivity contribution >= 4 is 17.8 Å². The van der Waals surface area contributed by atoms with Crippen molar-refractivity contribution < 1.29 is 33.7 Å². The molecule has 1 heterocycles. The number of aromatic amines is 1. The van der Waals surface area contributed by atoms with Gasteiger partial charge >= 0.3 is 11.9 Å². The number of H-pyrrole nitrogens is 1. The van der Waals surface area contributed by atoms with Gasteiger partial charge in [-0.05, 0) is 12.1 Å². The molecule has 0 spiro atoms. The molecule has 0 fully saturated rings. The number of para-hydroxylation sites is 1. The van der Waals surface area contributed by atoms with E-state index in [-0.39, 0.29) is 29.2 Å². The molecule has 0 aliphatic heterocycles. The average Bonchev–Trinajstić information content (AvgIpc) is 2.71. The maximum absolute atomic E-state index is 14.0. The number of methoxy groups -OCH3 is 1. The zero-order valence-corrected chi connectivity index (χ0v) is 16.1. The summed E-state index contributed by atoms with van der Waals surface area (Å²) < 4.78 is 25.0. The van der Waals surface area contributed by atoms with Crippen LogP contribution in [0.15, 0.2) is 47.3 Å². The Hall–Kier alpha value is -4.34. The number of carboxylic acid groups (broad SMARTS) is 2. The predicted molar refractivity (Wildman–Crippen MR) is 108 cm³/mol. The van der Waals surface area contributed by atoms with Gasteiger partial charge in [0, 0.05) is 16.7 Å². The molecule has 0 bridgehead atoms. The van der Waals surface area contributed by atoms with Crippen LogP contribution in [0.25, 0.3) is 11.1 Å². The number of carboxylic acids is 2. The first-order valence-corrected chi connectivity index (χ1v) is 8.82. The number of ether oxygens (including phenoxy) is 2. The fourth-order valence-electron chi connectivity index (χ4n) is 3.10. The molecule has 0 amide bonds. The van der Waals surface area contributed by atoms with Crippen LogP contribution in [0.4, 0.5) is 10.2 Å². The van der Waals surface area contributed by atoms with E-state index in [1.54, 1.807) is 6.07 Å². The highest BCUT2D eigenvalue weighted by Gasteiger charge is 2.29. The molecular formula is C21H17FN2O7. The second-order valence-electron chi connectivity index (χ2n) is 6.32. The first kappa shape index (κ1) is 21.4. The minimum Gasteiger partial charge on any atom is -0.493 e. The Labute approximate surface area is 174 Å². The van der Waals surface area contributed by atoms with Crippen molar-refractivity contribution in [1.29, 1.82) is 0 Å². The summed E-state index contributed by atoms with van der Waals surface area (Å²) in [6.07, 6.45) is 0. The van der Waals surface area contributed by atoms with Crippen LogP contribution in [0.2, 0.25) is 0 Å². The lowest BCUT2D eigenvalue weighted by molar-refractivity contribution is 0.0695. The number of aromatic carboxylic acids is 2. The van der Waals surface area contributed by atoms with Gasteiger partial charge in [0.1, 0.15) is 29.4 Å². The molecule has 0 radical (unpaired) electrons. The number of hydrogen-bond acceptors (Lipinski definition) is 6. The van der Waals surface area contributed by atoms with Gasteiger partial charge in [-0.1, -0.05) is 30.3 Å². The minimum absolute atomic E-state index is 0.0664. The number of carbonyl (C=O) groups is 2. The molecule has 3 aromatic rings. The minimum atomic E-state index is -1.67. The maximum atomic E-state index is 14.0. The topological polar surface area (TPSA) is 152 Å². The van der Waals surface area contributed by atoms with Gasteiger partial charge in [0.15, 0.2) is 11.5 Å². The Morgan fingerprint density at radius 2 is 1.74 bits per heavy atom. The Kier molecular flexibility index (Phi) is 5.91. The van der Waals surface area contributed by atoms with Gasteiger partial charge in [-0.3, -0.25) is 4.79 Å². The molecule has 2 aromatic carbocycles. The van der Waals surface area contributed by atoms with E-state index in [2.05, 4.69) is 0 Å². The number of halogens is 1. The van der Waals surface area contributed by atoms with E-state index in [0.717, 1.165) is 0 Å². The molecule has 0 aliphatic carbocycles. The van der Waals surface area contributed by atoms with Crippen molar-refractivity contribution in [3.63, 3.8) is 0 Å². The Morgan fingerprint density at radius 1 is 1.06 bits per heavy atom. The summed E-state index contributed by atoms with van der Waals surface area (Å²) in [5.74, 6) is -4.25. The predicted octanol–water partition coefficient (Wildman–Crippen LogP) is 2.75. The Bertz CT molecular complexity index is 1240. The van der Waals surface area contributed by atoms with Crippen molar-refractivity contribution in [3.8, 4) is 22.6 Å². The van der Waals surface area contributed by atoms with Crippen LogP contribution in [-0.2, 0) is 6.61 Å². The molecule has 31 heavy (non-hydrogen) atoms. The summed E-state index contributed by atoms with van der Waals surface area (Å²) in [6.45, 7) is -0.274. The number of pyridine rings is 1. The monoisotopic (exact) mass is 428 g/mol. The number of nitrogens with one attached hydrogen (secondary N) is 1. The van der Waals surface area contributed by atoms with E-state index >= 15 is 0 Å². The first-order valence-electron chi connectivity index (χ1n) is 8.82. The van der Waals surface area contributed by atoms with Crippen LogP contribution in [0, 0.1) is 5.82 Å². The molecule has 160 valence electrons. The fraction of sp³-hybridized carbons (Fsp3) is 0.0952. The van der Waals surface area contributed by atoms with Gasteiger partial charge in [0.2, 0.25) is 0 Å². The lowest BCUT2D eigenvalue weighted by Crippen LogP contribution is -2.24. The average molecular weight is 428 g/mol. The number of nitrogens with two attached hydrogens (primary N) is 1. The van der Waals surface area contributed by atoms with Gasteiger partial charge in [-0.25, -0.2) is 14.0 Å². The molecule has 10 heteroatoms. The number of benzene rings is 2. The standard InChI is InChI=1S/C21H17FN2O7/c1-30-13-8-4-6-11(17(13)31-9-10-5-2-3-7-12(10)22)14-15(20(26)27)18(23)24-19(25)16(14)21(28)29/h2-8H,9H2,1H3,(H,26,27)(H,28,29)(H3,23,24,25). The zero-order chi connectivity index (χ0) is 22.7. The normalized spacial score (nSPS) is 10.5. The molecule has 9 nitrogen and oxygen atoms in total. The van der Waals surface area contributed by atoms with E-state index in [4.69, 9.17) is 15.2 Å². The van der Waals surface area contributed by atoms with Gasteiger partial charge in [0.25, 0.3) is 5.56 Å². The van der Waals surface area contributed by atoms with Gasteiger partial charge < -0.3 is 30.4 Å². The van der Waals surface area contributed by atoms with E-state index in [0.29, 0.717) is 0 Å². The highest BCUT2D eigenvalue weighted by molar-refractivity contribution is 6.08.